The summed E-state index contributed by atoms with van der Waals surface area (Å²) >= 11 is 0. The van der Waals surface area contributed by atoms with Crippen LogP contribution in [0.4, 0.5) is 17.2 Å². The van der Waals surface area contributed by atoms with Crippen LogP contribution < -0.4 is 10.2 Å². The van der Waals surface area contributed by atoms with Crippen molar-refractivity contribution in [2.45, 2.75) is 6.42 Å². The van der Waals surface area contributed by atoms with E-state index < -0.39 is 4.92 Å². The van der Waals surface area contributed by atoms with E-state index in [0.717, 1.165) is 0 Å². The van der Waals surface area contributed by atoms with Crippen molar-refractivity contribution >= 4 is 29.0 Å². The first-order valence-electron chi connectivity index (χ1n) is 10.8. The van der Waals surface area contributed by atoms with Gasteiger partial charge in [-0.1, -0.05) is 0 Å². The Morgan fingerprint density at radius 1 is 1.09 bits per heavy atom. The van der Waals surface area contributed by atoms with Gasteiger partial charge in [-0.25, -0.2) is 4.98 Å². The first-order valence-corrected chi connectivity index (χ1v) is 10.8. The molecule has 0 spiro atoms. The molecule has 2 N–H and O–H groups in total. The predicted molar refractivity (Wildman–Crippen MR) is 121 cm³/mol. The van der Waals surface area contributed by atoms with Crippen molar-refractivity contribution in [1.82, 2.24) is 14.8 Å². The number of carbonyl (C=O) groups is 2. The van der Waals surface area contributed by atoms with Gasteiger partial charge in [-0.2, -0.15) is 0 Å². The Kier molecular flexibility index (Phi) is 6.68. The van der Waals surface area contributed by atoms with Gasteiger partial charge in [-0.3, -0.25) is 24.6 Å². The molecule has 2 aliphatic rings. The van der Waals surface area contributed by atoms with Crippen LogP contribution in [-0.2, 0) is 9.59 Å². The quantitative estimate of drug-likeness (QED) is 0.379. The van der Waals surface area contributed by atoms with Crippen LogP contribution >= 0.6 is 0 Å². The van der Waals surface area contributed by atoms with Gasteiger partial charge in [0.05, 0.1) is 17.4 Å². The predicted octanol–water partition coefficient (Wildman–Crippen LogP) is 1.30. The van der Waals surface area contributed by atoms with Gasteiger partial charge in [0.15, 0.2) is 0 Å². The molecule has 0 saturated carbocycles. The lowest BCUT2D eigenvalue weighted by molar-refractivity contribution is -0.385. The Labute approximate surface area is 190 Å². The zero-order chi connectivity index (χ0) is 23.4. The van der Waals surface area contributed by atoms with Gasteiger partial charge in [-0.05, 0) is 43.3 Å². The zero-order valence-electron chi connectivity index (χ0n) is 18.1. The minimum absolute atomic E-state index is 0.0332. The molecule has 1 atom stereocenters. The fourth-order valence-corrected chi connectivity index (χ4v) is 4.13. The van der Waals surface area contributed by atoms with Crippen LogP contribution in [0.25, 0.3) is 0 Å². The number of nitro groups is 1. The molecule has 11 nitrogen and oxygen atoms in total. The second-order valence-electron chi connectivity index (χ2n) is 8.26. The molecule has 0 unspecified atom stereocenters. The molecular weight excluding hydrogens is 428 g/mol. The van der Waals surface area contributed by atoms with Gasteiger partial charge in [0.25, 0.3) is 5.69 Å². The van der Waals surface area contributed by atoms with Crippen molar-refractivity contribution < 1.29 is 19.6 Å². The van der Waals surface area contributed by atoms with Gasteiger partial charge < -0.3 is 20.2 Å². The van der Waals surface area contributed by atoms with Crippen LogP contribution in [0.5, 0.6) is 5.75 Å². The molecule has 1 aromatic heterocycles. The maximum atomic E-state index is 12.8. The number of benzene rings is 1. The number of aromatic hydroxyl groups is 1. The third kappa shape index (κ3) is 5.55. The van der Waals surface area contributed by atoms with Crippen molar-refractivity contribution in [2.24, 2.45) is 5.92 Å². The molecule has 4 rings (SSSR count). The van der Waals surface area contributed by atoms with Crippen LogP contribution in [0, 0.1) is 16.0 Å². The van der Waals surface area contributed by atoms with E-state index in [0.29, 0.717) is 57.2 Å². The van der Waals surface area contributed by atoms with E-state index in [1.807, 2.05) is 14.7 Å². The number of phenols is 1. The van der Waals surface area contributed by atoms with Crippen LogP contribution in [0.1, 0.15) is 6.42 Å². The van der Waals surface area contributed by atoms with Gasteiger partial charge in [0.1, 0.15) is 17.8 Å². The second kappa shape index (κ2) is 9.82. The van der Waals surface area contributed by atoms with E-state index in [1.165, 1.54) is 24.4 Å². The van der Waals surface area contributed by atoms with E-state index in [1.54, 1.807) is 18.2 Å². The summed E-state index contributed by atoms with van der Waals surface area (Å²) in [5, 5.41) is 23.0. The topological polar surface area (TPSA) is 132 Å². The number of carbonyl (C=O) groups excluding carboxylic acids is 2. The smallest absolute Gasteiger partial charge is 0.287 e. The lowest BCUT2D eigenvalue weighted by Gasteiger charge is -2.36. The number of pyridine rings is 1. The van der Waals surface area contributed by atoms with Gasteiger partial charge in [0.2, 0.25) is 11.8 Å². The molecule has 3 heterocycles. The standard InChI is InChI=1S/C22H26N6O5/c29-19-4-1-17(2-5-19)24-22(31)16-7-8-25(14-16)15-21(30)27-11-9-26(10-12-27)20-6-3-18(13-23-20)28(32)33/h1-6,13,16,29H,7-12,14-15H2,(H,24,31)/t16-/m1/s1. The number of rotatable bonds is 6. The fourth-order valence-electron chi connectivity index (χ4n) is 4.13. The summed E-state index contributed by atoms with van der Waals surface area (Å²) in [4.78, 5) is 45.6. The normalized spacial score (nSPS) is 18.8. The Bertz CT molecular complexity index is 1000. The molecular formula is C22H26N6O5. The van der Waals surface area contributed by atoms with Gasteiger partial charge in [0, 0.05) is 44.5 Å². The average Bonchev–Trinajstić information content (AvgIpc) is 3.29. The molecule has 33 heavy (non-hydrogen) atoms. The number of aromatic nitrogens is 1. The van der Waals surface area contributed by atoms with Crippen molar-refractivity contribution in [3.05, 3.63) is 52.7 Å². The largest absolute Gasteiger partial charge is 0.508 e. The highest BCUT2D eigenvalue weighted by atomic mass is 16.6. The molecule has 0 aliphatic carbocycles. The summed E-state index contributed by atoms with van der Waals surface area (Å²) in [6.45, 7) is 3.81. The number of hydrogen-bond donors (Lipinski definition) is 2. The molecule has 11 heteroatoms. The fraction of sp³-hybridized carbons (Fsp3) is 0.409. The molecule has 0 bridgehead atoms. The molecule has 2 aromatic rings. The summed E-state index contributed by atoms with van der Waals surface area (Å²) in [5.41, 5.74) is 0.584. The van der Waals surface area contributed by atoms with Crippen molar-refractivity contribution in [3.8, 4) is 5.75 Å². The lowest BCUT2D eigenvalue weighted by Crippen LogP contribution is -2.51. The number of nitrogens with zero attached hydrogens (tertiary/aromatic N) is 5. The molecule has 2 aliphatic heterocycles. The summed E-state index contributed by atoms with van der Waals surface area (Å²) in [6, 6.07) is 9.40. The highest BCUT2D eigenvalue weighted by Gasteiger charge is 2.31. The lowest BCUT2D eigenvalue weighted by atomic mass is 10.1. The molecule has 1 aromatic carbocycles. The molecule has 2 fully saturated rings. The van der Waals surface area contributed by atoms with Crippen LogP contribution in [0.2, 0.25) is 0 Å². The molecule has 0 radical (unpaired) electrons. The van der Waals surface area contributed by atoms with Gasteiger partial charge in [-0.15, -0.1) is 0 Å². The minimum atomic E-state index is -0.479. The van der Waals surface area contributed by atoms with Gasteiger partial charge >= 0.3 is 0 Å². The third-order valence-electron chi connectivity index (χ3n) is 6.04. The van der Waals surface area contributed by atoms with Crippen molar-refractivity contribution in [1.29, 1.82) is 0 Å². The maximum Gasteiger partial charge on any atom is 0.287 e. The number of phenolic OH excluding ortho intramolecular Hbond substituents is 1. The summed E-state index contributed by atoms with van der Waals surface area (Å²) in [6.07, 6.45) is 1.94. The Morgan fingerprint density at radius 2 is 1.82 bits per heavy atom. The van der Waals surface area contributed by atoms with Crippen molar-refractivity contribution in [2.75, 3.05) is 56.0 Å². The van der Waals surface area contributed by atoms with E-state index in [2.05, 4.69) is 10.3 Å². The van der Waals surface area contributed by atoms with Crippen LogP contribution in [-0.4, -0.2) is 82.4 Å². The SMILES string of the molecule is O=C(Nc1ccc(O)cc1)[C@@H]1CCN(CC(=O)N2CCN(c3ccc([N+](=O)[O-])cn3)CC2)C1. The monoisotopic (exact) mass is 454 g/mol. The number of anilines is 2. The Morgan fingerprint density at radius 3 is 2.45 bits per heavy atom. The number of likely N-dealkylation sites (tertiary alicyclic amines) is 1. The second-order valence-corrected chi connectivity index (χ2v) is 8.26. The Hall–Kier alpha value is -3.73. The number of hydrogen-bond acceptors (Lipinski definition) is 8. The first kappa shape index (κ1) is 22.5. The average molecular weight is 454 g/mol. The highest BCUT2D eigenvalue weighted by molar-refractivity contribution is 5.93. The van der Waals surface area contributed by atoms with Crippen molar-refractivity contribution in [3.63, 3.8) is 0 Å². The summed E-state index contributed by atoms with van der Waals surface area (Å²) in [5.74, 6) is 0.570. The minimum Gasteiger partial charge on any atom is -0.508 e. The number of piperazine rings is 1. The Balaban J connectivity index is 1.22. The van der Waals surface area contributed by atoms with E-state index in [4.69, 9.17) is 0 Å². The van der Waals surface area contributed by atoms with Crippen LogP contribution in [0.15, 0.2) is 42.6 Å². The highest BCUT2D eigenvalue weighted by Crippen LogP contribution is 2.21. The maximum absolute atomic E-state index is 12.8. The first-order chi connectivity index (χ1) is 15.9. The van der Waals surface area contributed by atoms with E-state index in [-0.39, 0.29) is 35.7 Å². The molecule has 174 valence electrons. The molecule has 2 amide bonds. The zero-order valence-corrected chi connectivity index (χ0v) is 18.1. The van der Waals surface area contributed by atoms with E-state index >= 15 is 0 Å². The van der Waals surface area contributed by atoms with Crippen LogP contribution in [0.3, 0.4) is 0 Å². The summed E-state index contributed by atoms with van der Waals surface area (Å²) < 4.78 is 0. The molecule has 2 saturated heterocycles. The number of amides is 2. The summed E-state index contributed by atoms with van der Waals surface area (Å²) in [7, 11) is 0. The van der Waals surface area contributed by atoms with E-state index in [9.17, 15) is 24.8 Å². The third-order valence-corrected chi connectivity index (χ3v) is 6.04. The number of nitrogens with one attached hydrogen (secondary N) is 1.